The lowest BCUT2D eigenvalue weighted by atomic mass is 9.90. The zero-order valence-corrected chi connectivity index (χ0v) is 26.5. The first kappa shape index (κ1) is 32.9. The minimum absolute atomic E-state index is 0.144. The molecule has 1 unspecified atom stereocenters. The van der Waals surface area contributed by atoms with Gasteiger partial charge < -0.3 is 23.3 Å². The van der Waals surface area contributed by atoms with Gasteiger partial charge in [0.2, 0.25) is 11.8 Å². The van der Waals surface area contributed by atoms with Crippen molar-refractivity contribution in [3.05, 3.63) is 84.2 Å². The number of Topliss-reactive ketones (excluding diaryl/α,β-unsaturated/α-hetero) is 1. The number of aromatic nitrogens is 1. The summed E-state index contributed by atoms with van der Waals surface area (Å²) in [6, 6.07) is 19.2. The van der Waals surface area contributed by atoms with Crippen LogP contribution in [0.1, 0.15) is 41.7 Å². The van der Waals surface area contributed by atoms with E-state index in [1.807, 2.05) is 12.1 Å². The van der Waals surface area contributed by atoms with Gasteiger partial charge in [0.1, 0.15) is 24.7 Å². The summed E-state index contributed by atoms with van der Waals surface area (Å²) in [6.45, 7) is 3.56. The summed E-state index contributed by atoms with van der Waals surface area (Å²) in [6.07, 6.45) is 3.74. The fraction of sp³-hybridized carbons (Fsp3) is 0.324. The van der Waals surface area contributed by atoms with Gasteiger partial charge in [0.25, 0.3) is 0 Å². The van der Waals surface area contributed by atoms with E-state index < -0.39 is 9.84 Å². The summed E-state index contributed by atoms with van der Waals surface area (Å²) in [4.78, 5) is 35.9. The predicted molar refractivity (Wildman–Crippen MR) is 170 cm³/mol. The maximum absolute atomic E-state index is 12.5. The van der Waals surface area contributed by atoms with Crippen molar-refractivity contribution < 1.29 is 41.7 Å². The molecule has 0 spiro atoms. The van der Waals surface area contributed by atoms with Crippen molar-refractivity contribution in [1.82, 2.24) is 9.72 Å². The van der Waals surface area contributed by atoms with Gasteiger partial charge in [0.15, 0.2) is 15.6 Å². The average Bonchev–Trinajstić information content (AvgIpc) is 3.41. The molecule has 1 fully saturated rings. The SMILES string of the molecule is CC(=O)c1cc(-c2ccccc2S(C)(=O)=O)c2cc(OCCOCCOCCOc3ccc(C4CCC(=O)NC4=O)cc3)ccn12. The first-order chi connectivity index (χ1) is 22.1. The lowest BCUT2D eigenvalue weighted by Gasteiger charge is -2.21. The van der Waals surface area contributed by atoms with Crippen LogP contribution >= 0.6 is 0 Å². The summed E-state index contributed by atoms with van der Waals surface area (Å²) in [5.41, 5.74) is 3.08. The van der Waals surface area contributed by atoms with Crippen molar-refractivity contribution in [2.45, 2.75) is 30.6 Å². The van der Waals surface area contributed by atoms with Crippen LogP contribution in [0.15, 0.2) is 77.8 Å². The molecule has 1 aliphatic heterocycles. The number of fused-ring (bicyclic) bond motifs is 1. The van der Waals surface area contributed by atoms with Crippen LogP contribution in [0, 0.1) is 0 Å². The van der Waals surface area contributed by atoms with E-state index in [1.165, 1.54) is 6.92 Å². The number of hydrogen-bond donors (Lipinski definition) is 1. The van der Waals surface area contributed by atoms with Crippen LogP contribution in [-0.4, -0.2) is 76.3 Å². The van der Waals surface area contributed by atoms with Crippen molar-refractivity contribution in [2.75, 3.05) is 45.9 Å². The highest BCUT2D eigenvalue weighted by Gasteiger charge is 2.27. The standard InChI is InChI=1S/C34H36N2O9S/c1-23(37)30-22-29(28-5-3-4-6-32(28)46(2,40)41)31-21-26(13-14-36(30)31)45-20-18-43-16-15-42-17-19-44-25-9-7-24(8-10-25)27-11-12-33(38)35-34(27)39/h3-10,13-14,21-22,27H,11-12,15-20H2,1-2H3,(H,35,38,39). The molecule has 1 aliphatic rings. The molecule has 242 valence electrons. The van der Waals surface area contributed by atoms with Crippen LogP contribution < -0.4 is 14.8 Å². The minimum Gasteiger partial charge on any atom is -0.491 e. The molecule has 11 nitrogen and oxygen atoms in total. The number of rotatable bonds is 15. The van der Waals surface area contributed by atoms with Gasteiger partial charge in [0.05, 0.1) is 48.5 Å². The quantitative estimate of drug-likeness (QED) is 0.114. The number of nitrogens with one attached hydrogen (secondary N) is 1. The molecule has 1 N–H and O–H groups in total. The molecule has 4 aromatic rings. The van der Waals surface area contributed by atoms with E-state index in [1.54, 1.807) is 65.2 Å². The van der Waals surface area contributed by atoms with Gasteiger partial charge in [-0.25, -0.2) is 8.42 Å². The Morgan fingerprint density at radius 3 is 2.15 bits per heavy atom. The number of nitrogens with zero attached hydrogens (tertiary/aromatic N) is 1. The van der Waals surface area contributed by atoms with Gasteiger partial charge in [-0.15, -0.1) is 0 Å². The highest BCUT2D eigenvalue weighted by Crippen LogP contribution is 2.34. The lowest BCUT2D eigenvalue weighted by molar-refractivity contribution is -0.134. The number of amides is 2. The molecule has 5 rings (SSSR count). The van der Waals surface area contributed by atoms with E-state index in [2.05, 4.69) is 5.32 Å². The number of ketones is 1. The van der Waals surface area contributed by atoms with Gasteiger partial charge in [-0.2, -0.15) is 0 Å². The summed E-state index contributed by atoms with van der Waals surface area (Å²) in [5.74, 6) is 0.253. The van der Waals surface area contributed by atoms with Crippen LogP contribution in [0.5, 0.6) is 11.5 Å². The summed E-state index contributed by atoms with van der Waals surface area (Å²) < 4.78 is 49.4. The fourth-order valence-corrected chi connectivity index (χ4v) is 6.24. The van der Waals surface area contributed by atoms with Crippen LogP contribution in [0.4, 0.5) is 0 Å². The molecule has 0 bridgehead atoms. The maximum Gasteiger partial charge on any atom is 0.234 e. The molecule has 3 heterocycles. The van der Waals surface area contributed by atoms with Crippen molar-refractivity contribution >= 4 is 33.0 Å². The Morgan fingerprint density at radius 2 is 1.50 bits per heavy atom. The van der Waals surface area contributed by atoms with Crippen molar-refractivity contribution in [3.63, 3.8) is 0 Å². The Morgan fingerprint density at radius 1 is 0.848 bits per heavy atom. The van der Waals surface area contributed by atoms with E-state index in [0.29, 0.717) is 79.7 Å². The molecule has 2 aromatic carbocycles. The second-order valence-electron chi connectivity index (χ2n) is 10.9. The number of sulfone groups is 1. The van der Waals surface area contributed by atoms with Gasteiger partial charge in [-0.3, -0.25) is 19.7 Å². The van der Waals surface area contributed by atoms with Gasteiger partial charge in [0, 0.05) is 43.0 Å². The number of hydrogen-bond acceptors (Lipinski definition) is 9. The van der Waals surface area contributed by atoms with E-state index >= 15 is 0 Å². The number of ether oxygens (including phenoxy) is 4. The average molecular weight is 649 g/mol. The number of benzene rings is 2. The minimum atomic E-state index is -3.50. The first-order valence-corrected chi connectivity index (χ1v) is 16.8. The molecule has 46 heavy (non-hydrogen) atoms. The molecule has 2 aromatic heterocycles. The number of imide groups is 1. The monoisotopic (exact) mass is 648 g/mol. The number of carbonyl (C=O) groups is 3. The largest absolute Gasteiger partial charge is 0.491 e. The fourth-order valence-electron chi connectivity index (χ4n) is 5.33. The van der Waals surface area contributed by atoms with Crippen LogP contribution in [0.3, 0.4) is 0 Å². The smallest absolute Gasteiger partial charge is 0.234 e. The summed E-state index contributed by atoms with van der Waals surface area (Å²) in [5, 5.41) is 2.37. The van der Waals surface area contributed by atoms with Crippen LogP contribution in [-0.2, 0) is 28.9 Å². The predicted octanol–water partition coefficient (Wildman–Crippen LogP) is 4.22. The Bertz CT molecular complexity index is 1830. The molecule has 12 heteroatoms. The van der Waals surface area contributed by atoms with Crippen LogP contribution in [0.25, 0.3) is 16.6 Å². The number of pyridine rings is 1. The van der Waals surface area contributed by atoms with Gasteiger partial charge in [-0.1, -0.05) is 30.3 Å². The zero-order valence-electron chi connectivity index (χ0n) is 25.7. The van der Waals surface area contributed by atoms with Crippen LogP contribution in [0.2, 0.25) is 0 Å². The van der Waals surface area contributed by atoms with Crippen molar-refractivity contribution in [2.24, 2.45) is 0 Å². The molecule has 1 atom stereocenters. The van der Waals surface area contributed by atoms with E-state index in [0.717, 1.165) is 11.8 Å². The highest BCUT2D eigenvalue weighted by atomic mass is 32.2. The van der Waals surface area contributed by atoms with E-state index in [-0.39, 0.29) is 35.0 Å². The van der Waals surface area contributed by atoms with E-state index in [4.69, 9.17) is 18.9 Å². The third-order valence-corrected chi connectivity index (χ3v) is 8.72. The molecule has 0 aliphatic carbocycles. The third kappa shape index (κ3) is 8.00. The topological polar surface area (TPSA) is 139 Å². The number of carbonyl (C=O) groups excluding carboxylic acids is 3. The van der Waals surface area contributed by atoms with Gasteiger partial charge >= 0.3 is 0 Å². The Hall–Kier alpha value is -4.52. The van der Waals surface area contributed by atoms with Gasteiger partial charge in [-0.05, 0) is 42.3 Å². The molecule has 0 radical (unpaired) electrons. The molecular weight excluding hydrogens is 612 g/mol. The highest BCUT2D eigenvalue weighted by molar-refractivity contribution is 7.90. The van der Waals surface area contributed by atoms with E-state index in [9.17, 15) is 22.8 Å². The molecule has 2 amide bonds. The van der Waals surface area contributed by atoms with Crippen molar-refractivity contribution in [3.8, 4) is 22.6 Å². The Labute approximate surface area is 267 Å². The normalized spacial score (nSPS) is 15.1. The van der Waals surface area contributed by atoms with Crippen molar-refractivity contribution in [1.29, 1.82) is 0 Å². The summed E-state index contributed by atoms with van der Waals surface area (Å²) >= 11 is 0. The maximum atomic E-state index is 12.5. The first-order valence-electron chi connectivity index (χ1n) is 14.9. The molecule has 0 saturated carbocycles. The third-order valence-electron chi connectivity index (χ3n) is 7.57. The number of piperidine rings is 1. The second kappa shape index (κ2) is 14.7. The second-order valence-corrected chi connectivity index (χ2v) is 12.9. The zero-order chi connectivity index (χ0) is 32.7. The lowest BCUT2D eigenvalue weighted by Crippen LogP contribution is -2.39. The Balaban J connectivity index is 1.04. The Kier molecular flexibility index (Phi) is 10.5. The summed E-state index contributed by atoms with van der Waals surface area (Å²) in [7, 11) is -3.50. The molecular formula is C34H36N2O9S. The molecule has 1 saturated heterocycles.